The zero-order valence-corrected chi connectivity index (χ0v) is 8.65. The molecule has 80 valence electrons. The summed E-state index contributed by atoms with van der Waals surface area (Å²) in [5.41, 5.74) is 0. The minimum absolute atomic E-state index is 0.401. The second kappa shape index (κ2) is 3.47. The van der Waals surface area contributed by atoms with E-state index >= 15 is 0 Å². The zero-order chi connectivity index (χ0) is 9.54. The summed E-state index contributed by atoms with van der Waals surface area (Å²) in [4.78, 5) is 0. The van der Waals surface area contributed by atoms with Gasteiger partial charge in [-0.05, 0) is 32.6 Å². The van der Waals surface area contributed by atoms with Gasteiger partial charge in [0.15, 0.2) is 0 Å². The third-order valence-corrected chi connectivity index (χ3v) is 3.53. The number of rotatable bonds is 5. The van der Waals surface area contributed by atoms with E-state index in [-0.39, 0.29) is 0 Å². The predicted molar refractivity (Wildman–Crippen MR) is 51.2 cm³/mol. The summed E-state index contributed by atoms with van der Waals surface area (Å²) in [6, 6.07) is 0. The Hall–Kier alpha value is -0.120. The number of epoxide rings is 2. The van der Waals surface area contributed by atoms with Gasteiger partial charge < -0.3 is 14.2 Å². The van der Waals surface area contributed by atoms with Crippen LogP contribution in [0.5, 0.6) is 0 Å². The Morgan fingerprint density at radius 1 is 1.29 bits per heavy atom. The third kappa shape index (κ3) is 1.81. The van der Waals surface area contributed by atoms with E-state index in [1.807, 2.05) is 0 Å². The zero-order valence-electron chi connectivity index (χ0n) is 8.65. The first-order valence-corrected chi connectivity index (χ1v) is 5.77. The summed E-state index contributed by atoms with van der Waals surface area (Å²) < 4.78 is 16.6. The maximum atomic E-state index is 5.79. The SMILES string of the molecule is CC1OC1CCCOC1CCC2OC12. The first-order valence-electron chi connectivity index (χ1n) is 5.77. The molecule has 5 unspecified atom stereocenters. The summed E-state index contributed by atoms with van der Waals surface area (Å²) in [5, 5.41) is 0. The smallest absolute Gasteiger partial charge is 0.110 e. The fourth-order valence-electron chi connectivity index (χ4n) is 2.44. The molecular weight excluding hydrogens is 180 g/mol. The van der Waals surface area contributed by atoms with Gasteiger partial charge in [0.2, 0.25) is 0 Å². The van der Waals surface area contributed by atoms with Crippen LogP contribution >= 0.6 is 0 Å². The fourth-order valence-corrected chi connectivity index (χ4v) is 2.44. The standard InChI is InChI=1S/C11H18O3/c1-7-8(13-7)3-2-6-12-9-4-5-10-11(9)14-10/h7-11H,2-6H2,1H3. The summed E-state index contributed by atoms with van der Waals surface area (Å²) in [6.45, 7) is 3.01. The van der Waals surface area contributed by atoms with Crippen LogP contribution in [0.15, 0.2) is 0 Å². The van der Waals surface area contributed by atoms with Gasteiger partial charge in [-0.3, -0.25) is 0 Å². The molecule has 0 aromatic heterocycles. The van der Waals surface area contributed by atoms with E-state index in [9.17, 15) is 0 Å². The number of hydrogen-bond acceptors (Lipinski definition) is 3. The molecule has 0 N–H and O–H groups in total. The molecule has 3 heteroatoms. The lowest BCUT2D eigenvalue weighted by molar-refractivity contribution is 0.0246. The van der Waals surface area contributed by atoms with E-state index in [2.05, 4.69) is 6.92 Å². The first kappa shape index (κ1) is 9.13. The van der Waals surface area contributed by atoms with Crippen molar-refractivity contribution in [3.05, 3.63) is 0 Å². The van der Waals surface area contributed by atoms with Crippen LogP contribution in [-0.4, -0.2) is 37.1 Å². The molecule has 0 aromatic rings. The van der Waals surface area contributed by atoms with Crippen molar-refractivity contribution < 1.29 is 14.2 Å². The van der Waals surface area contributed by atoms with Crippen LogP contribution in [0.25, 0.3) is 0 Å². The third-order valence-electron chi connectivity index (χ3n) is 3.53. The Morgan fingerprint density at radius 3 is 2.71 bits per heavy atom. The van der Waals surface area contributed by atoms with Crippen LogP contribution in [-0.2, 0) is 14.2 Å². The second-order valence-electron chi connectivity index (χ2n) is 4.65. The lowest BCUT2D eigenvalue weighted by Crippen LogP contribution is -2.17. The van der Waals surface area contributed by atoms with Gasteiger partial charge in [-0.15, -0.1) is 0 Å². The highest BCUT2D eigenvalue weighted by atomic mass is 16.6. The van der Waals surface area contributed by atoms with Gasteiger partial charge in [-0.2, -0.15) is 0 Å². The van der Waals surface area contributed by atoms with E-state index in [0.717, 1.165) is 19.4 Å². The van der Waals surface area contributed by atoms with Gasteiger partial charge in [0, 0.05) is 6.61 Å². The first-order chi connectivity index (χ1) is 6.84. The molecule has 2 aliphatic heterocycles. The molecule has 0 aromatic carbocycles. The average Bonchev–Trinajstić information content (AvgIpc) is 3.05. The largest absolute Gasteiger partial charge is 0.375 e. The summed E-state index contributed by atoms with van der Waals surface area (Å²) in [6.07, 6.45) is 7.11. The van der Waals surface area contributed by atoms with Crippen LogP contribution in [0.4, 0.5) is 0 Å². The molecule has 2 heterocycles. The maximum Gasteiger partial charge on any atom is 0.110 e. The van der Waals surface area contributed by atoms with Gasteiger partial charge in [-0.25, -0.2) is 0 Å². The highest BCUT2D eigenvalue weighted by Gasteiger charge is 2.50. The van der Waals surface area contributed by atoms with E-state index in [1.165, 1.54) is 12.8 Å². The molecular formula is C11H18O3. The molecule has 3 nitrogen and oxygen atoms in total. The normalized spacial score (nSPS) is 49.1. The highest BCUT2D eigenvalue weighted by molar-refractivity contribution is 4.98. The highest BCUT2D eigenvalue weighted by Crippen LogP contribution is 2.40. The molecule has 1 saturated carbocycles. The van der Waals surface area contributed by atoms with Crippen molar-refractivity contribution in [3.8, 4) is 0 Å². The summed E-state index contributed by atoms with van der Waals surface area (Å²) in [5.74, 6) is 0. The van der Waals surface area contributed by atoms with Gasteiger partial charge >= 0.3 is 0 Å². The van der Waals surface area contributed by atoms with Crippen LogP contribution in [0.2, 0.25) is 0 Å². The molecule has 1 aliphatic carbocycles. The molecule has 0 bridgehead atoms. The quantitative estimate of drug-likeness (QED) is 0.496. The van der Waals surface area contributed by atoms with Crippen molar-refractivity contribution in [1.82, 2.24) is 0 Å². The Morgan fingerprint density at radius 2 is 2.14 bits per heavy atom. The summed E-state index contributed by atoms with van der Waals surface area (Å²) >= 11 is 0. The molecule has 2 saturated heterocycles. The Kier molecular flexibility index (Phi) is 2.26. The lowest BCUT2D eigenvalue weighted by Gasteiger charge is -2.11. The van der Waals surface area contributed by atoms with Crippen LogP contribution < -0.4 is 0 Å². The van der Waals surface area contributed by atoms with E-state index in [0.29, 0.717) is 30.5 Å². The molecule has 0 amide bonds. The van der Waals surface area contributed by atoms with E-state index < -0.39 is 0 Å². The molecule has 3 fully saturated rings. The lowest BCUT2D eigenvalue weighted by atomic mass is 10.2. The maximum absolute atomic E-state index is 5.79. The van der Waals surface area contributed by atoms with E-state index in [4.69, 9.17) is 14.2 Å². The van der Waals surface area contributed by atoms with Crippen LogP contribution in [0, 0.1) is 0 Å². The van der Waals surface area contributed by atoms with Gasteiger partial charge in [0.1, 0.15) is 6.10 Å². The second-order valence-corrected chi connectivity index (χ2v) is 4.65. The molecule has 0 spiro atoms. The topological polar surface area (TPSA) is 34.3 Å². The minimum atomic E-state index is 0.401. The number of hydrogen-bond donors (Lipinski definition) is 0. The Balaban J connectivity index is 1.27. The average molecular weight is 198 g/mol. The molecule has 14 heavy (non-hydrogen) atoms. The monoisotopic (exact) mass is 198 g/mol. The molecule has 0 radical (unpaired) electrons. The Bertz CT molecular complexity index is 219. The van der Waals surface area contributed by atoms with Crippen LogP contribution in [0.1, 0.15) is 32.6 Å². The fraction of sp³-hybridized carbons (Fsp3) is 1.00. The molecule has 3 aliphatic rings. The molecule has 3 rings (SSSR count). The van der Waals surface area contributed by atoms with Gasteiger partial charge in [0.05, 0.1) is 24.4 Å². The van der Waals surface area contributed by atoms with Crippen molar-refractivity contribution in [1.29, 1.82) is 0 Å². The van der Waals surface area contributed by atoms with Crippen molar-refractivity contribution in [3.63, 3.8) is 0 Å². The van der Waals surface area contributed by atoms with Gasteiger partial charge in [0.25, 0.3) is 0 Å². The van der Waals surface area contributed by atoms with Gasteiger partial charge in [-0.1, -0.05) is 0 Å². The van der Waals surface area contributed by atoms with Crippen molar-refractivity contribution >= 4 is 0 Å². The number of ether oxygens (including phenoxy) is 3. The van der Waals surface area contributed by atoms with Crippen molar-refractivity contribution in [2.75, 3.05) is 6.61 Å². The van der Waals surface area contributed by atoms with Crippen LogP contribution in [0.3, 0.4) is 0 Å². The van der Waals surface area contributed by atoms with Crippen molar-refractivity contribution in [2.45, 2.75) is 63.1 Å². The van der Waals surface area contributed by atoms with E-state index in [1.54, 1.807) is 0 Å². The number of fused-ring (bicyclic) bond motifs is 1. The predicted octanol–water partition coefficient (Wildman–Crippen LogP) is 1.50. The molecule has 5 atom stereocenters. The van der Waals surface area contributed by atoms with Crippen molar-refractivity contribution in [2.24, 2.45) is 0 Å². The Labute approximate surface area is 84.7 Å². The minimum Gasteiger partial charge on any atom is -0.375 e. The summed E-state index contributed by atoms with van der Waals surface area (Å²) in [7, 11) is 0.